The van der Waals surface area contributed by atoms with Crippen LogP contribution in [-0.2, 0) is 9.59 Å². The van der Waals surface area contributed by atoms with E-state index in [0.29, 0.717) is 25.8 Å². The van der Waals surface area contributed by atoms with Crippen LogP contribution in [0.3, 0.4) is 0 Å². The van der Waals surface area contributed by atoms with Gasteiger partial charge in [-0.25, -0.2) is 4.79 Å². The molecule has 0 aliphatic carbocycles. The number of hydrogen-bond donors (Lipinski definition) is 1. The number of hydrogen-bond acceptors (Lipinski definition) is 2. The quantitative estimate of drug-likeness (QED) is 0.772. The maximum atomic E-state index is 11.8. The lowest BCUT2D eigenvalue weighted by molar-refractivity contribution is -0.156. The van der Waals surface area contributed by atoms with E-state index in [0.717, 1.165) is 12.8 Å². The molecule has 1 atom stereocenters. The number of likely N-dealkylation sites (tertiary alicyclic amines) is 1. The van der Waals surface area contributed by atoms with Gasteiger partial charge in [-0.2, -0.15) is 0 Å². The molecule has 0 radical (unpaired) electrons. The molecule has 1 aliphatic heterocycles. The van der Waals surface area contributed by atoms with Crippen LogP contribution in [0.2, 0.25) is 0 Å². The van der Waals surface area contributed by atoms with E-state index in [2.05, 4.69) is 0 Å². The fraction of sp³-hybridized carbons (Fsp3) is 0.818. The summed E-state index contributed by atoms with van der Waals surface area (Å²) in [5, 5.41) is 9.26. The SMILES string of the molecule is CCCC(=O)N1CCCC1(CC)C(=O)O. The van der Waals surface area contributed by atoms with E-state index in [-0.39, 0.29) is 5.91 Å². The van der Waals surface area contributed by atoms with Crippen LogP contribution in [0.5, 0.6) is 0 Å². The number of aliphatic carboxylic acids is 1. The van der Waals surface area contributed by atoms with E-state index >= 15 is 0 Å². The molecular weight excluding hydrogens is 194 g/mol. The highest BCUT2D eigenvalue weighted by molar-refractivity contribution is 5.87. The molecule has 0 aromatic heterocycles. The Balaban J connectivity index is 2.87. The van der Waals surface area contributed by atoms with Gasteiger partial charge in [0.05, 0.1) is 0 Å². The van der Waals surface area contributed by atoms with Gasteiger partial charge in [0.15, 0.2) is 0 Å². The van der Waals surface area contributed by atoms with E-state index < -0.39 is 11.5 Å². The molecular formula is C11H19NO3. The van der Waals surface area contributed by atoms with Crippen molar-refractivity contribution < 1.29 is 14.7 Å². The Hall–Kier alpha value is -1.06. The zero-order valence-electron chi connectivity index (χ0n) is 9.45. The summed E-state index contributed by atoms with van der Waals surface area (Å²) in [4.78, 5) is 24.6. The first-order valence-corrected chi connectivity index (χ1v) is 5.62. The van der Waals surface area contributed by atoms with Crippen LogP contribution in [0.4, 0.5) is 0 Å². The minimum atomic E-state index is -0.924. The van der Waals surface area contributed by atoms with Crippen molar-refractivity contribution in [1.82, 2.24) is 4.90 Å². The third kappa shape index (κ3) is 1.98. The van der Waals surface area contributed by atoms with Gasteiger partial charge in [-0.15, -0.1) is 0 Å². The summed E-state index contributed by atoms with van der Waals surface area (Å²) in [5.41, 5.74) is -0.924. The molecule has 0 spiro atoms. The molecule has 1 heterocycles. The number of rotatable bonds is 4. The Morgan fingerprint density at radius 1 is 1.40 bits per heavy atom. The number of nitrogens with zero attached hydrogens (tertiary/aromatic N) is 1. The molecule has 1 aliphatic rings. The second-order valence-electron chi connectivity index (χ2n) is 4.09. The van der Waals surface area contributed by atoms with Gasteiger partial charge in [0.1, 0.15) is 5.54 Å². The van der Waals surface area contributed by atoms with Gasteiger partial charge in [0, 0.05) is 13.0 Å². The number of carboxylic acid groups (broad SMARTS) is 1. The normalized spacial score (nSPS) is 25.6. The van der Waals surface area contributed by atoms with Crippen LogP contribution in [0, 0.1) is 0 Å². The first kappa shape index (κ1) is 12.0. The zero-order valence-corrected chi connectivity index (χ0v) is 9.45. The molecule has 1 amide bonds. The summed E-state index contributed by atoms with van der Waals surface area (Å²) in [7, 11) is 0. The average Bonchev–Trinajstić information content (AvgIpc) is 2.62. The third-order valence-corrected chi connectivity index (χ3v) is 3.24. The fourth-order valence-electron chi connectivity index (χ4n) is 2.33. The highest BCUT2D eigenvalue weighted by Gasteiger charge is 2.47. The first-order valence-electron chi connectivity index (χ1n) is 5.62. The Morgan fingerprint density at radius 3 is 2.53 bits per heavy atom. The summed E-state index contributed by atoms with van der Waals surface area (Å²) in [6.07, 6.45) is 3.12. The Labute approximate surface area is 90.3 Å². The Bertz CT molecular complexity index is 265. The maximum Gasteiger partial charge on any atom is 0.329 e. The predicted molar refractivity (Wildman–Crippen MR) is 56.5 cm³/mol. The van der Waals surface area contributed by atoms with Gasteiger partial charge in [0.2, 0.25) is 5.91 Å². The van der Waals surface area contributed by atoms with Crippen LogP contribution in [-0.4, -0.2) is 34.0 Å². The molecule has 86 valence electrons. The van der Waals surface area contributed by atoms with Crippen molar-refractivity contribution in [2.45, 2.75) is 51.5 Å². The van der Waals surface area contributed by atoms with Crippen LogP contribution in [0.15, 0.2) is 0 Å². The molecule has 0 saturated carbocycles. The van der Waals surface area contributed by atoms with Gasteiger partial charge in [-0.3, -0.25) is 4.79 Å². The van der Waals surface area contributed by atoms with Crippen molar-refractivity contribution in [2.24, 2.45) is 0 Å². The summed E-state index contributed by atoms with van der Waals surface area (Å²) in [5.74, 6) is -0.869. The van der Waals surface area contributed by atoms with E-state index in [1.165, 1.54) is 0 Å². The van der Waals surface area contributed by atoms with Crippen molar-refractivity contribution >= 4 is 11.9 Å². The van der Waals surface area contributed by atoms with Crippen molar-refractivity contribution in [2.75, 3.05) is 6.54 Å². The van der Waals surface area contributed by atoms with Crippen molar-refractivity contribution in [3.05, 3.63) is 0 Å². The van der Waals surface area contributed by atoms with Crippen LogP contribution in [0.1, 0.15) is 46.0 Å². The summed E-state index contributed by atoms with van der Waals surface area (Å²) >= 11 is 0. The second kappa shape index (κ2) is 4.64. The molecule has 4 nitrogen and oxygen atoms in total. The molecule has 15 heavy (non-hydrogen) atoms. The monoisotopic (exact) mass is 213 g/mol. The van der Waals surface area contributed by atoms with Gasteiger partial charge in [-0.05, 0) is 25.7 Å². The molecule has 1 N–H and O–H groups in total. The van der Waals surface area contributed by atoms with Crippen LogP contribution < -0.4 is 0 Å². The molecule has 1 rings (SSSR count). The highest BCUT2D eigenvalue weighted by atomic mass is 16.4. The zero-order chi connectivity index (χ0) is 11.5. The van der Waals surface area contributed by atoms with Gasteiger partial charge < -0.3 is 10.0 Å². The number of carbonyl (C=O) groups excluding carboxylic acids is 1. The number of carbonyl (C=O) groups is 2. The Morgan fingerprint density at radius 2 is 2.07 bits per heavy atom. The van der Waals surface area contributed by atoms with E-state index in [9.17, 15) is 14.7 Å². The van der Waals surface area contributed by atoms with Crippen LogP contribution >= 0.6 is 0 Å². The van der Waals surface area contributed by atoms with Crippen molar-refractivity contribution in [3.8, 4) is 0 Å². The van der Waals surface area contributed by atoms with Crippen LogP contribution in [0.25, 0.3) is 0 Å². The summed E-state index contributed by atoms with van der Waals surface area (Å²) in [6, 6.07) is 0. The van der Waals surface area contributed by atoms with Gasteiger partial charge in [-0.1, -0.05) is 13.8 Å². The third-order valence-electron chi connectivity index (χ3n) is 3.24. The Kier molecular flexibility index (Phi) is 3.72. The van der Waals surface area contributed by atoms with Gasteiger partial charge in [0.25, 0.3) is 0 Å². The summed E-state index contributed by atoms with van der Waals surface area (Å²) < 4.78 is 0. The lowest BCUT2D eigenvalue weighted by Gasteiger charge is -2.33. The second-order valence-corrected chi connectivity index (χ2v) is 4.09. The first-order chi connectivity index (χ1) is 7.08. The average molecular weight is 213 g/mol. The van der Waals surface area contributed by atoms with E-state index in [1.54, 1.807) is 4.90 Å². The lowest BCUT2D eigenvalue weighted by atomic mass is 9.92. The molecule has 0 aromatic carbocycles. The molecule has 4 heteroatoms. The predicted octanol–water partition coefficient (Wildman–Crippen LogP) is 1.64. The molecule has 1 fully saturated rings. The number of carboxylic acids is 1. The fourth-order valence-corrected chi connectivity index (χ4v) is 2.33. The largest absolute Gasteiger partial charge is 0.479 e. The molecule has 0 bridgehead atoms. The smallest absolute Gasteiger partial charge is 0.329 e. The number of amides is 1. The van der Waals surface area contributed by atoms with Gasteiger partial charge >= 0.3 is 5.97 Å². The van der Waals surface area contributed by atoms with E-state index in [1.807, 2.05) is 13.8 Å². The van der Waals surface area contributed by atoms with E-state index in [4.69, 9.17) is 0 Å². The highest BCUT2D eigenvalue weighted by Crippen LogP contribution is 2.33. The summed E-state index contributed by atoms with van der Waals surface area (Å²) in [6.45, 7) is 4.37. The molecule has 1 unspecified atom stereocenters. The minimum Gasteiger partial charge on any atom is -0.479 e. The molecule has 1 saturated heterocycles. The maximum absolute atomic E-state index is 11.8. The molecule has 0 aromatic rings. The minimum absolute atomic E-state index is 0.0146. The topological polar surface area (TPSA) is 57.6 Å². The van der Waals surface area contributed by atoms with Crippen molar-refractivity contribution in [1.29, 1.82) is 0 Å². The standard InChI is InChI=1S/C11H19NO3/c1-3-6-9(13)12-8-5-7-11(12,4-2)10(14)15/h3-8H2,1-2H3,(H,14,15). The van der Waals surface area contributed by atoms with Crippen molar-refractivity contribution in [3.63, 3.8) is 0 Å². The lowest BCUT2D eigenvalue weighted by Crippen LogP contribution is -2.52.